The summed E-state index contributed by atoms with van der Waals surface area (Å²) >= 11 is 0. The van der Waals surface area contributed by atoms with Crippen LogP contribution in [0, 0.1) is 0 Å². The number of carbonyl (C=O) groups is 1. The average molecular weight is 255 g/mol. The number of hydrogen-bond acceptors (Lipinski definition) is 4. The van der Waals surface area contributed by atoms with Gasteiger partial charge in [0, 0.05) is 30.2 Å². The zero-order chi connectivity index (χ0) is 13.2. The van der Waals surface area contributed by atoms with E-state index in [4.69, 9.17) is 0 Å². The summed E-state index contributed by atoms with van der Waals surface area (Å²) in [5, 5.41) is 9.97. The third kappa shape index (κ3) is 2.08. The Morgan fingerprint density at radius 1 is 1.26 bits per heavy atom. The molecule has 1 aromatic heterocycles. The molecule has 2 aromatic rings. The number of fused-ring (bicyclic) bond motifs is 1. The van der Waals surface area contributed by atoms with E-state index in [0.29, 0.717) is 18.5 Å². The molecule has 1 unspecified atom stereocenters. The first-order valence-electron chi connectivity index (χ1n) is 6.11. The van der Waals surface area contributed by atoms with Gasteiger partial charge in [-0.25, -0.2) is 9.97 Å². The van der Waals surface area contributed by atoms with E-state index in [-0.39, 0.29) is 5.91 Å². The maximum atomic E-state index is 12.4. The van der Waals surface area contributed by atoms with E-state index >= 15 is 0 Å². The lowest BCUT2D eigenvalue weighted by Crippen LogP contribution is -2.36. The number of benzene rings is 1. The molecule has 2 heterocycles. The van der Waals surface area contributed by atoms with Crippen LogP contribution in [-0.4, -0.2) is 27.5 Å². The first kappa shape index (κ1) is 11.8. The molecule has 0 bridgehead atoms. The zero-order valence-electron chi connectivity index (χ0n) is 10.2. The lowest BCUT2D eigenvalue weighted by Gasteiger charge is -2.32. The molecule has 1 atom stereocenters. The third-order valence-electron chi connectivity index (χ3n) is 3.27. The van der Waals surface area contributed by atoms with Crippen LogP contribution in [0.25, 0.3) is 0 Å². The molecule has 1 aromatic carbocycles. The lowest BCUT2D eigenvalue weighted by molar-refractivity contribution is 0.0970. The number of amides is 1. The second kappa shape index (κ2) is 4.78. The molecule has 1 aliphatic rings. The minimum atomic E-state index is -0.507. The fourth-order valence-corrected chi connectivity index (χ4v) is 2.32. The molecular formula is C14H13N3O2. The first-order valence-corrected chi connectivity index (χ1v) is 6.11. The molecule has 0 aliphatic carbocycles. The van der Waals surface area contributed by atoms with Crippen molar-refractivity contribution in [3.63, 3.8) is 0 Å². The Morgan fingerprint density at radius 3 is 2.79 bits per heavy atom. The van der Waals surface area contributed by atoms with Gasteiger partial charge >= 0.3 is 0 Å². The standard InChI is InChI=1S/C14H13N3O2/c18-13-5-6-17(12-4-2-1-3-11(12)13)14(19)10-7-15-9-16-8-10/h1-4,7-9,13,18H,5-6H2. The van der Waals surface area contributed by atoms with Crippen molar-refractivity contribution in [3.05, 3.63) is 54.1 Å². The lowest BCUT2D eigenvalue weighted by atomic mass is 9.98. The van der Waals surface area contributed by atoms with Gasteiger partial charge in [0.1, 0.15) is 6.33 Å². The maximum absolute atomic E-state index is 12.4. The Morgan fingerprint density at radius 2 is 2.00 bits per heavy atom. The van der Waals surface area contributed by atoms with Crippen LogP contribution in [0.3, 0.4) is 0 Å². The highest BCUT2D eigenvalue weighted by Gasteiger charge is 2.27. The van der Waals surface area contributed by atoms with Gasteiger partial charge in [-0.2, -0.15) is 0 Å². The molecule has 5 heteroatoms. The molecule has 1 amide bonds. The van der Waals surface area contributed by atoms with E-state index in [9.17, 15) is 9.90 Å². The van der Waals surface area contributed by atoms with Crippen molar-refractivity contribution in [3.8, 4) is 0 Å². The summed E-state index contributed by atoms with van der Waals surface area (Å²) in [6.07, 6.45) is 4.43. The molecule has 1 N–H and O–H groups in total. The van der Waals surface area contributed by atoms with Crippen molar-refractivity contribution < 1.29 is 9.90 Å². The van der Waals surface area contributed by atoms with Crippen LogP contribution < -0.4 is 4.90 Å². The van der Waals surface area contributed by atoms with Gasteiger partial charge in [0.25, 0.3) is 5.91 Å². The third-order valence-corrected chi connectivity index (χ3v) is 3.27. The molecule has 5 nitrogen and oxygen atoms in total. The summed E-state index contributed by atoms with van der Waals surface area (Å²) in [5.74, 6) is -0.139. The number of rotatable bonds is 1. The van der Waals surface area contributed by atoms with E-state index in [2.05, 4.69) is 9.97 Å². The van der Waals surface area contributed by atoms with E-state index in [0.717, 1.165) is 11.3 Å². The van der Waals surface area contributed by atoms with Gasteiger partial charge in [-0.05, 0) is 12.5 Å². The van der Waals surface area contributed by atoms with Crippen LogP contribution >= 0.6 is 0 Å². The van der Waals surface area contributed by atoms with Crippen molar-refractivity contribution in [2.75, 3.05) is 11.4 Å². The van der Waals surface area contributed by atoms with Gasteiger partial charge in [0.15, 0.2) is 0 Å². The Balaban J connectivity index is 1.99. The van der Waals surface area contributed by atoms with E-state index in [1.807, 2.05) is 24.3 Å². The predicted octanol–water partition coefficient (Wildman–Crippen LogP) is 1.56. The van der Waals surface area contributed by atoms with Crippen molar-refractivity contribution >= 4 is 11.6 Å². The Kier molecular flexibility index (Phi) is 2.97. The van der Waals surface area contributed by atoms with Crippen molar-refractivity contribution in [2.24, 2.45) is 0 Å². The van der Waals surface area contributed by atoms with Gasteiger partial charge in [0.05, 0.1) is 11.7 Å². The number of aliphatic hydroxyl groups excluding tert-OH is 1. The van der Waals surface area contributed by atoms with Crippen LogP contribution in [0.2, 0.25) is 0 Å². The van der Waals surface area contributed by atoms with Crippen LogP contribution in [0.5, 0.6) is 0 Å². The summed E-state index contributed by atoms with van der Waals surface area (Å²) in [4.78, 5) is 21.8. The highest BCUT2D eigenvalue weighted by molar-refractivity contribution is 6.06. The number of hydrogen-bond donors (Lipinski definition) is 1. The first-order chi connectivity index (χ1) is 9.27. The number of aromatic nitrogens is 2. The van der Waals surface area contributed by atoms with Crippen molar-refractivity contribution in [1.29, 1.82) is 0 Å². The second-order valence-corrected chi connectivity index (χ2v) is 4.45. The molecule has 0 fully saturated rings. The highest BCUT2D eigenvalue weighted by atomic mass is 16.3. The van der Waals surface area contributed by atoms with Crippen molar-refractivity contribution in [2.45, 2.75) is 12.5 Å². The van der Waals surface area contributed by atoms with E-state index in [1.165, 1.54) is 18.7 Å². The van der Waals surface area contributed by atoms with E-state index < -0.39 is 6.10 Å². The monoisotopic (exact) mass is 255 g/mol. The van der Waals surface area contributed by atoms with Crippen LogP contribution in [0.1, 0.15) is 28.4 Å². The van der Waals surface area contributed by atoms with Crippen LogP contribution in [0.4, 0.5) is 5.69 Å². The smallest absolute Gasteiger partial charge is 0.261 e. The Bertz CT molecular complexity index is 601. The molecular weight excluding hydrogens is 242 g/mol. The molecule has 0 spiro atoms. The maximum Gasteiger partial charge on any atom is 0.261 e. The number of para-hydroxylation sites is 1. The summed E-state index contributed by atoms with van der Waals surface area (Å²) in [7, 11) is 0. The molecule has 96 valence electrons. The quantitative estimate of drug-likeness (QED) is 0.839. The van der Waals surface area contributed by atoms with Gasteiger partial charge < -0.3 is 10.0 Å². The Labute approximate surface area is 110 Å². The zero-order valence-corrected chi connectivity index (χ0v) is 10.2. The largest absolute Gasteiger partial charge is 0.388 e. The normalized spacial score (nSPS) is 17.9. The number of anilines is 1. The molecule has 1 aliphatic heterocycles. The summed E-state index contributed by atoms with van der Waals surface area (Å²) in [5.41, 5.74) is 2.00. The molecule has 0 radical (unpaired) electrons. The fraction of sp³-hybridized carbons (Fsp3) is 0.214. The van der Waals surface area contributed by atoms with Gasteiger partial charge in [-0.1, -0.05) is 18.2 Å². The fourth-order valence-electron chi connectivity index (χ4n) is 2.32. The molecule has 0 saturated heterocycles. The minimum absolute atomic E-state index is 0.139. The SMILES string of the molecule is O=C(c1cncnc1)N1CCC(O)c2ccccc21. The number of carbonyl (C=O) groups excluding carboxylic acids is 1. The summed E-state index contributed by atoms with van der Waals surface area (Å²) in [6.45, 7) is 0.492. The predicted molar refractivity (Wildman–Crippen MR) is 69.7 cm³/mol. The minimum Gasteiger partial charge on any atom is -0.388 e. The average Bonchev–Trinajstić information content (AvgIpc) is 2.48. The molecule has 0 saturated carbocycles. The number of aliphatic hydroxyl groups is 1. The van der Waals surface area contributed by atoms with Gasteiger partial charge in [0.2, 0.25) is 0 Å². The highest BCUT2D eigenvalue weighted by Crippen LogP contribution is 2.34. The second-order valence-electron chi connectivity index (χ2n) is 4.45. The van der Waals surface area contributed by atoms with E-state index in [1.54, 1.807) is 4.90 Å². The van der Waals surface area contributed by atoms with Gasteiger partial charge in [-0.3, -0.25) is 4.79 Å². The Hall–Kier alpha value is -2.27. The summed E-state index contributed by atoms with van der Waals surface area (Å²) < 4.78 is 0. The summed E-state index contributed by atoms with van der Waals surface area (Å²) in [6, 6.07) is 7.42. The van der Waals surface area contributed by atoms with Crippen LogP contribution in [-0.2, 0) is 0 Å². The number of nitrogens with zero attached hydrogens (tertiary/aromatic N) is 3. The topological polar surface area (TPSA) is 66.3 Å². The molecule has 3 rings (SSSR count). The van der Waals surface area contributed by atoms with Crippen molar-refractivity contribution in [1.82, 2.24) is 9.97 Å². The molecule has 19 heavy (non-hydrogen) atoms. The van der Waals surface area contributed by atoms with Gasteiger partial charge in [-0.15, -0.1) is 0 Å². The van der Waals surface area contributed by atoms with Crippen LogP contribution in [0.15, 0.2) is 43.0 Å².